The zero-order valence-corrected chi connectivity index (χ0v) is 19.7. The molecule has 0 radical (unpaired) electrons. The lowest BCUT2D eigenvalue weighted by atomic mass is 9.95. The Morgan fingerprint density at radius 2 is 1.76 bits per heavy atom. The van der Waals surface area contributed by atoms with Crippen molar-refractivity contribution >= 4 is 29.3 Å². The van der Waals surface area contributed by atoms with Gasteiger partial charge in [-0.3, -0.25) is 9.78 Å². The Labute approximate surface area is 202 Å². The molecule has 0 saturated heterocycles. The number of aryl methyl sites for hydroxylation is 1. The smallest absolute Gasteiger partial charge is 0.255 e. The molecule has 2 N–H and O–H groups in total. The fourth-order valence-electron chi connectivity index (χ4n) is 3.97. The number of pyridine rings is 1. The lowest BCUT2D eigenvalue weighted by Gasteiger charge is -2.28. The van der Waals surface area contributed by atoms with Crippen LogP contribution in [-0.4, -0.2) is 25.7 Å². The monoisotopic (exact) mass is 468 g/mol. The summed E-state index contributed by atoms with van der Waals surface area (Å²) < 4.78 is 1.79. The van der Waals surface area contributed by atoms with E-state index >= 15 is 0 Å². The van der Waals surface area contributed by atoms with Crippen LogP contribution in [0, 0.1) is 6.92 Å². The van der Waals surface area contributed by atoms with Gasteiger partial charge in [-0.25, -0.2) is 4.68 Å². The Morgan fingerprint density at radius 3 is 2.53 bits per heavy atom. The van der Waals surface area contributed by atoms with Crippen LogP contribution in [0.3, 0.4) is 0 Å². The van der Waals surface area contributed by atoms with E-state index < -0.39 is 6.04 Å². The number of thioether (sulfide) groups is 1. The molecule has 1 aliphatic heterocycles. The highest BCUT2D eigenvalue weighted by molar-refractivity contribution is 7.98. The van der Waals surface area contributed by atoms with Crippen LogP contribution >= 0.6 is 11.8 Å². The molecule has 170 valence electrons. The van der Waals surface area contributed by atoms with Crippen LogP contribution in [0.2, 0.25) is 0 Å². The van der Waals surface area contributed by atoms with Crippen LogP contribution in [0.1, 0.15) is 29.7 Å². The minimum atomic E-state index is -0.429. The van der Waals surface area contributed by atoms with Crippen LogP contribution < -0.4 is 10.6 Å². The fourth-order valence-corrected chi connectivity index (χ4v) is 4.75. The van der Waals surface area contributed by atoms with Gasteiger partial charge >= 0.3 is 0 Å². The first kappa shape index (κ1) is 21.9. The van der Waals surface area contributed by atoms with Crippen LogP contribution in [0.5, 0.6) is 0 Å². The fraction of sp³-hybridized carbons (Fsp3) is 0.154. The lowest BCUT2D eigenvalue weighted by Crippen LogP contribution is -2.31. The second-order valence-corrected chi connectivity index (χ2v) is 9.00. The van der Waals surface area contributed by atoms with Crippen LogP contribution in [0.25, 0.3) is 0 Å². The van der Waals surface area contributed by atoms with E-state index in [-0.39, 0.29) is 5.91 Å². The molecule has 1 aliphatic rings. The Morgan fingerprint density at radius 1 is 1.03 bits per heavy atom. The molecule has 0 aliphatic carbocycles. The van der Waals surface area contributed by atoms with Gasteiger partial charge in [0.15, 0.2) is 0 Å². The van der Waals surface area contributed by atoms with Gasteiger partial charge in [0.25, 0.3) is 5.91 Å². The quantitative estimate of drug-likeness (QED) is 0.378. The largest absolute Gasteiger partial charge is 0.328 e. The topological polar surface area (TPSA) is 84.7 Å². The first-order valence-corrected chi connectivity index (χ1v) is 12.0. The van der Waals surface area contributed by atoms with Gasteiger partial charge in [-0.05, 0) is 48.7 Å². The molecular formula is C26H24N6OS. The zero-order chi connectivity index (χ0) is 23.5. The van der Waals surface area contributed by atoms with Gasteiger partial charge in [-0.15, -0.1) is 5.10 Å². The summed E-state index contributed by atoms with van der Waals surface area (Å²) >= 11 is 1.57. The Hall–Kier alpha value is -3.91. The van der Waals surface area contributed by atoms with E-state index in [9.17, 15) is 4.79 Å². The summed E-state index contributed by atoms with van der Waals surface area (Å²) in [6, 6.07) is 21.3. The molecule has 34 heavy (non-hydrogen) atoms. The van der Waals surface area contributed by atoms with Crippen molar-refractivity contribution in [3.63, 3.8) is 0 Å². The van der Waals surface area contributed by atoms with Gasteiger partial charge in [0.05, 0.1) is 5.57 Å². The van der Waals surface area contributed by atoms with E-state index in [4.69, 9.17) is 10.1 Å². The number of carbonyl (C=O) groups excluding carboxylic acids is 1. The number of anilines is 2. The van der Waals surface area contributed by atoms with E-state index in [2.05, 4.69) is 27.8 Å². The van der Waals surface area contributed by atoms with Crippen LogP contribution in [0.4, 0.5) is 11.6 Å². The number of fused-ring (bicyclic) bond motifs is 1. The summed E-state index contributed by atoms with van der Waals surface area (Å²) in [7, 11) is 0. The van der Waals surface area contributed by atoms with Gasteiger partial charge < -0.3 is 10.6 Å². The third-order valence-electron chi connectivity index (χ3n) is 5.70. The number of nitrogens with zero attached hydrogens (tertiary/aromatic N) is 4. The number of allylic oxidation sites excluding steroid dienone is 1. The van der Waals surface area contributed by atoms with Crippen molar-refractivity contribution in [2.24, 2.45) is 0 Å². The van der Waals surface area contributed by atoms with Gasteiger partial charge in [0.2, 0.25) is 11.1 Å². The molecule has 3 heterocycles. The van der Waals surface area contributed by atoms with Crippen molar-refractivity contribution in [3.8, 4) is 0 Å². The number of benzene rings is 2. The molecule has 0 saturated carbocycles. The predicted molar refractivity (Wildman–Crippen MR) is 135 cm³/mol. The molecular weight excluding hydrogens is 444 g/mol. The highest BCUT2D eigenvalue weighted by Gasteiger charge is 2.34. The second-order valence-electron chi connectivity index (χ2n) is 8.05. The highest BCUT2D eigenvalue weighted by atomic mass is 32.2. The number of nitrogens with one attached hydrogen (secondary N) is 2. The number of hydrogen-bond acceptors (Lipinski definition) is 6. The summed E-state index contributed by atoms with van der Waals surface area (Å²) in [6.45, 7) is 3.87. The van der Waals surface area contributed by atoms with Gasteiger partial charge in [0.1, 0.15) is 6.04 Å². The Kier molecular flexibility index (Phi) is 6.14. The maximum Gasteiger partial charge on any atom is 0.255 e. The van der Waals surface area contributed by atoms with Gasteiger partial charge in [-0.2, -0.15) is 4.98 Å². The minimum absolute atomic E-state index is 0.180. The van der Waals surface area contributed by atoms with Crippen molar-refractivity contribution in [3.05, 3.63) is 107 Å². The Balaban J connectivity index is 1.49. The van der Waals surface area contributed by atoms with Crippen LogP contribution in [0.15, 0.2) is 95.6 Å². The maximum absolute atomic E-state index is 13.5. The first-order chi connectivity index (χ1) is 16.6. The minimum Gasteiger partial charge on any atom is -0.328 e. The number of carbonyl (C=O) groups is 1. The van der Waals surface area contributed by atoms with Gasteiger partial charge in [0, 0.05) is 29.5 Å². The molecule has 0 fully saturated rings. The molecule has 1 atom stereocenters. The molecule has 0 bridgehead atoms. The van der Waals surface area contributed by atoms with E-state index in [1.54, 1.807) is 28.8 Å². The number of para-hydroxylation sites is 1. The van der Waals surface area contributed by atoms with Gasteiger partial charge in [-0.1, -0.05) is 60.3 Å². The van der Waals surface area contributed by atoms with E-state index in [0.717, 1.165) is 28.3 Å². The summed E-state index contributed by atoms with van der Waals surface area (Å²) in [5, 5.41) is 11.8. The van der Waals surface area contributed by atoms with Crippen molar-refractivity contribution < 1.29 is 4.79 Å². The highest BCUT2D eigenvalue weighted by Crippen LogP contribution is 2.37. The molecule has 0 unspecified atom stereocenters. The van der Waals surface area contributed by atoms with Crippen molar-refractivity contribution in [2.45, 2.75) is 30.8 Å². The predicted octanol–water partition coefficient (Wildman–Crippen LogP) is 5.20. The molecule has 1 amide bonds. The molecule has 4 aromatic rings. The molecule has 2 aromatic heterocycles. The molecule has 2 aromatic carbocycles. The van der Waals surface area contributed by atoms with Crippen LogP contribution in [-0.2, 0) is 10.5 Å². The molecule has 7 nitrogen and oxygen atoms in total. The SMILES string of the molecule is CC1=C(C(=O)Nc2ccccc2C)[C@H](c2ccncc2)n2nc(SCc3ccccc3)nc2N1. The third kappa shape index (κ3) is 4.45. The second kappa shape index (κ2) is 9.52. The summed E-state index contributed by atoms with van der Waals surface area (Å²) in [5.74, 6) is 1.19. The number of aromatic nitrogens is 4. The van der Waals surface area contributed by atoms with E-state index in [1.165, 1.54) is 5.56 Å². The summed E-state index contributed by atoms with van der Waals surface area (Å²) in [5.41, 5.74) is 5.23. The maximum atomic E-state index is 13.5. The summed E-state index contributed by atoms with van der Waals surface area (Å²) in [4.78, 5) is 22.4. The summed E-state index contributed by atoms with van der Waals surface area (Å²) in [6.07, 6.45) is 3.45. The van der Waals surface area contributed by atoms with Crippen molar-refractivity contribution in [1.29, 1.82) is 0 Å². The Bertz CT molecular complexity index is 1350. The average Bonchev–Trinajstić information content (AvgIpc) is 3.26. The lowest BCUT2D eigenvalue weighted by molar-refractivity contribution is -0.113. The number of rotatable bonds is 6. The first-order valence-electron chi connectivity index (χ1n) is 11.0. The molecule has 8 heteroatoms. The molecule has 5 rings (SSSR count). The standard InChI is InChI=1S/C26H24N6OS/c1-17-8-6-7-11-21(17)29-24(33)22-18(2)28-25-30-26(34-16-19-9-4-3-5-10-19)31-32(25)23(22)20-12-14-27-15-13-20/h3-15,23H,16H2,1-2H3,(H,29,33)(H,28,30,31)/t23-/m0/s1. The third-order valence-corrected chi connectivity index (χ3v) is 6.61. The van der Waals surface area contributed by atoms with Crippen molar-refractivity contribution in [2.75, 3.05) is 10.6 Å². The number of hydrogen-bond donors (Lipinski definition) is 2. The van der Waals surface area contributed by atoms with Crippen molar-refractivity contribution in [1.82, 2.24) is 19.7 Å². The van der Waals surface area contributed by atoms with E-state index in [1.807, 2.05) is 68.4 Å². The van der Waals surface area contributed by atoms with E-state index in [0.29, 0.717) is 16.7 Å². The zero-order valence-electron chi connectivity index (χ0n) is 18.9. The average molecular weight is 469 g/mol. The number of amides is 1. The molecule has 0 spiro atoms. The normalized spacial score (nSPS) is 14.9.